The number of ether oxygens (including phenoxy) is 1. The number of halogens is 1. The number of aliphatic hydroxyl groups excluding tert-OH is 2. The number of esters is 1. The van der Waals surface area contributed by atoms with Crippen LogP contribution in [0.25, 0.3) is 0 Å². The van der Waals surface area contributed by atoms with Gasteiger partial charge < -0.3 is 14.9 Å². The molecule has 0 aromatic heterocycles. The average Bonchev–Trinajstić information content (AvgIpc) is 2.29. The zero-order valence-electron chi connectivity index (χ0n) is 8.98. The Hall–Kier alpha value is -1.46. The lowest BCUT2D eigenvalue weighted by Gasteiger charge is -2.16. The van der Waals surface area contributed by atoms with Crippen molar-refractivity contribution in [1.29, 1.82) is 0 Å². The van der Waals surface area contributed by atoms with Crippen LogP contribution >= 0.6 is 0 Å². The molecule has 0 spiro atoms. The molecule has 0 saturated carbocycles. The first-order valence-corrected chi connectivity index (χ1v) is 4.67. The van der Waals surface area contributed by atoms with Crippen LogP contribution in [0.2, 0.25) is 0 Å². The molecule has 0 fully saturated rings. The molecule has 0 bridgehead atoms. The number of aryl methyl sites for hydroxylation is 1. The van der Waals surface area contributed by atoms with Crippen molar-refractivity contribution in [3.63, 3.8) is 0 Å². The summed E-state index contributed by atoms with van der Waals surface area (Å²) >= 11 is 0. The number of methoxy groups -OCH3 is 1. The third-order valence-corrected chi connectivity index (χ3v) is 2.28. The van der Waals surface area contributed by atoms with Crippen molar-refractivity contribution in [2.45, 2.75) is 19.1 Å². The van der Waals surface area contributed by atoms with E-state index in [0.29, 0.717) is 5.56 Å². The van der Waals surface area contributed by atoms with E-state index < -0.39 is 24.0 Å². The van der Waals surface area contributed by atoms with Crippen LogP contribution in [0.4, 0.5) is 4.39 Å². The average molecular weight is 228 g/mol. The Morgan fingerprint density at radius 1 is 1.44 bits per heavy atom. The van der Waals surface area contributed by atoms with Crippen molar-refractivity contribution in [2.24, 2.45) is 0 Å². The van der Waals surface area contributed by atoms with Crippen LogP contribution in [0.15, 0.2) is 18.2 Å². The van der Waals surface area contributed by atoms with Gasteiger partial charge in [0.2, 0.25) is 0 Å². The van der Waals surface area contributed by atoms with E-state index in [9.17, 15) is 19.4 Å². The fraction of sp³-hybridized carbons (Fsp3) is 0.364. The molecule has 2 atom stereocenters. The molecule has 4 nitrogen and oxygen atoms in total. The molecular weight excluding hydrogens is 215 g/mol. The second kappa shape index (κ2) is 5.05. The molecular formula is C11H13FO4. The summed E-state index contributed by atoms with van der Waals surface area (Å²) < 4.78 is 17.4. The number of carbonyl (C=O) groups is 1. The Morgan fingerprint density at radius 3 is 2.56 bits per heavy atom. The molecule has 0 amide bonds. The van der Waals surface area contributed by atoms with Gasteiger partial charge in [-0.15, -0.1) is 0 Å². The highest BCUT2D eigenvalue weighted by Crippen LogP contribution is 2.20. The molecule has 88 valence electrons. The van der Waals surface area contributed by atoms with E-state index in [-0.39, 0.29) is 5.56 Å². The third-order valence-electron chi connectivity index (χ3n) is 2.28. The SMILES string of the molecule is COC(=O)C(O)C(O)c1ccc(C)c(F)c1. The van der Waals surface area contributed by atoms with Gasteiger partial charge in [0.25, 0.3) is 0 Å². The predicted octanol–water partition coefficient (Wildman–Crippen LogP) is 0.701. The summed E-state index contributed by atoms with van der Waals surface area (Å²) in [6, 6.07) is 3.97. The molecule has 1 aromatic carbocycles. The quantitative estimate of drug-likeness (QED) is 0.747. The van der Waals surface area contributed by atoms with Gasteiger partial charge in [-0.3, -0.25) is 0 Å². The van der Waals surface area contributed by atoms with E-state index >= 15 is 0 Å². The number of hydrogen-bond acceptors (Lipinski definition) is 4. The van der Waals surface area contributed by atoms with Gasteiger partial charge in [0.15, 0.2) is 6.10 Å². The van der Waals surface area contributed by atoms with Crippen molar-refractivity contribution in [3.05, 3.63) is 35.1 Å². The van der Waals surface area contributed by atoms with E-state index in [1.54, 1.807) is 6.92 Å². The minimum atomic E-state index is -1.72. The fourth-order valence-electron chi connectivity index (χ4n) is 1.23. The number of benzene rings is 1. The van der Waals surface area contributed by atoms with Crippen LogP contribution < -0.4 is 0 Å². The summed E-state index contributed by atoms with van der Waals surface area (Å²) in [5.74, 6) is -1.47. The topological polar surface area (TPSA) is 66.8 Å². The number of aliphatic hydroxyl groups is 2. The molecule has 0 saturated heterocycles. The molecule has 0 aliphatic rings. The van der Waals surface area contributed by atoms with E-state index in [2.05, 4.69) is 4.74 Å². The predicted molar refractivity (Wildman–Crippen MR) is 54.1 cm³/mol. The molecule has 0 radical (unpaired) electrons. The van der Waals surface area contributed by atoms with Crippen molar-refractivity contribution in [3.8, 4) is 0 Å². The molecule has 1 rings (SSSR count). The maximum absolute atomic E-state index is 13.2. The molecule has 0 aliphatic carbocycles. The standard InChI is InChI=1S/C11H13FO4/c1-6-3-4-7(5-8(6)12)9(13)10(14)11(15)16-2/h3-5,9-10,13-14H,1-2H3. The Labute approximate surface area is 92.3 Å². The molecule has 2 N–H and O–H groups in total. The van der Waals surface area contributed by atoms with E-state index in [0.717, 1.165) is 13.2 Å². The summed E-state index contributed by atoms with van der Waals surface area (Å²) in [5.41, 5.74) is 0.546. The van der Waals surface area contributed by atoms with E-state index in [1.165, 1.54) is 12.1 Å². The van der Waals surface area contributed by atoms with Gasteiger partial charge in [-0.2, -0.15) is 0 Å². The van der Waals surface area contributed by atoms with E-state index in [1.807, 2.05) is 0 Å². The monoisotopic (exact) mass is 228 g/mol. The molecule has 2 unspecified atom stereocenters. The van der Waals surface area contributed by atoms with Crippen molar-refractivity contribution in [2.75, 3.05) is 7.11 Å². The van der Waals surface area contributed by atoms with Gasteiger partial charge >= 0.3 is 5.97 Å². The third kappa shape index (κ3) is 2.56. The summed E-state index contributed by atoms with van der Waals surface area (Å²) in [4.78, 5) is 11.0. The van der Waals surface area contributed by atoms with Gasteiger partial charge in [0, 0.05) is 0 Å². The smallest absolute Gasteiger partial charge is 0.337 e. The van der Waals surface area contributed by atoms with Crippen LogP contribution in [0, 0.1) is 12.7 Å². The Bertz CT molecular complexity index is 392. The summed E-state index contributed by atoms with van der Waals surface area (Å²) in [7, 11) is 1.09. The van der Waals surface area contributed by atoms with Gasteiger partial charge in [-0.25, -0.2) is 9.18 Å². The lowest BCUT2D eigenvalue weighted by Crippen LogP contribution is -2.29. The second-order valence-corrected chi connectivity index (χ2v) is 3.42. The zero-order chi connectivity index (χ0) is 12.3. The molecule has 1 aromatic rings. The minimum absolute atomic E-state index is 0.126. The maximum atomic E-state index is 13.2. The first kappa shape index (κ1) is 12.6. The van der Waals surface area contributed by atoms with Crippen molar-refractivity contribution < 1.29 is 24.1 Å². The molecule has 5 heteroatoms. The lowest BCUT2D eigenvalue weighted by molar-refractivity contribution is -0.156. The first-order chi connectivity index (χ1) is 7.47. The summed E-state index contributed by atoms with van der Waals surface area (Å²) in [6.45, 7) is 1.57. The maximum Gasteiger partial charge on any atom is 0.337 e. The van der Waals surface area contributed by atoms with Crippen LogP contribution in [0.5, 0.6) is 0 Å². The highest BCUT2D eigenvalue weighted by Gasteiger charge is 2.26. The number of rotatable bonds is 3. The highest BCUT2D eigenvalue weighted by atomic mass is 19.1. The van der Waals surface area contributed by atoms with Crippen molar-refractivity contribution in [1.82, 2.24) is 0 Å². The number of hydrogen-bond donors (Lipinski definition) is 2. The Kier molecular flexibility index (Phi) is 3.98. The van der Waals surface area contributed by atoms with Gasteiger partial charge in [-0.05, 0) is 24.1 Å². The normalized spacial score (nSPS) is 14.3. The van der Waals surface area contributed by atoms with Crippen LogP contribution in [-0.4, -0.2) is 29.4 Å². The van der Waals surface area contributed by atoms with Gasteiger partial charge in [0.05, 0.1) is 7.11 Å². The fourth-order valence-corrected chi connectivity index (χ4v) is 1.23. The van der Waals surface area contributed by atoms with E-state index in [4.69, 9.17) is 0 Å². The van der Waals surface area contributed by atoms with Gasteiger partial charge in [0.1, 0.15) is 11.9 Å². The Morgan fingerprint density at radius 2 is 2.06 bits per heavy atom. The molecule has 0 heterocycles. The van der Waals surface area contributed by atoms with Crippen LogP contribution in [0.1, 0.15) is 17.2 Å². The Balaban J connectivity index is 2.91. The van der Waals surface area contributed by atoms with Crippen LogP contribution in [0.3, 0.4) is 0 Å². The summed E-state index contributed by atoms with van der Waals surface area (Å²) in [6.07, 6.45) is -3.21. The molecule has 0 aliphatic heterocycles. The minimum Gasteiger partial charge on any atom is -0.467 e. The molecule has 16 heavy (non-hydrogen) atoms. The first-order valence-electron chi connectivity index (χ1n) is 4.67. The zero-order valence-corrected chi connectivity index (χ0v) is 8.98. The van der Waals surface area contributed by atoms with Crippen molar-refractivity contribution >= 4 is 5.97 Å². The highest BCUT2D eigenvalue weighted by molar-refractivity contribution is 5.75. The largest absolute Gasteiger partial charge is 0.467 e. The lowest BCUT2D eigenvalue weighted by atomic mass is 10.0. The number of carbonyl (C=O) groups excluding carboxylic acids is 1. The summed E-state index contributed by atoms with van der Waals surface area (Å²) in [5, 5.41) is 18.9. The van der Waals surface area contributed by atoms with Crippen LogP contribution in [-0.2, 0) is 9.53 Å². The second-order valence-electron chi connectivity index (χ2n) is 3.42. The van der Waals surface area contributed by atoms with Gasteiger partial charge in [-0.1, -0.05) is 12.1 Å².